The first-order chi connectivity index (χ1) is 14.6. The number of carbonyl (C=O) groups excluding carboxylic acids is 1. The van der Waals surface area contributed by atoms with Gasteiger partial charge in [-0.1, -0.05) is 43.6 Å². The molecule has 0 saturated carbocycles. The molecule has 5 nitrogen and oxygen atoms in total. The van der Waals surface area contributed by atoms with Gasteiger partial charge in [0.05, 0.1) is 10.6 Å². The van der Waals surface area contributed by atoms with E-state index in [9.17, 15) is 13.2 Å². The maximum absolute atomic E-state index is 13.1. The van der Waals surface area contributed by atoms with Gasteiger partial charge in [0.15, 0.2) is 0 Å². The Bertz CT molecular complexity index is 1220. The van der Waals surface area contributed by atoms with E-state index < -0.39 is 10.0 Å². The number of aryl methyl sites for hydroxylation is 2. The molecule has 0 unspecified atom stereocenters. The second kappa shape index (κ2) is 9.12. The van der Waals surface area contributed by atoms with Gasteiger partial charge in [0, 0.05) is 16.3 Å². The van der Waals surface area contributed by atoms with E-state index in [2.05, 4.69) is 10.0 Å². The zero-order valence-corrected chi connectivity index (χ0v) is 19.4. The lowest BCUT2D eigenvalue weighted by molar-refractivity contribution is 0.102. The van der Waals surface area contributed by atoms with E-state index in [4.69, 9.17) is 11.6 Å². The van der Waals surface area contributed by atoms with Crippen molar-refractivity contribution in [1.82, 2.24) is 0 Å². The highest BCUT2D eigenvalue weighted by molar-refractivity contribution is 7.92. The van der Waals surface area contributed by atoms with Crippen molar-refractivity contribution in [1.29, 1.82) is 0 Å². The van der Waals surface area contributed by atoms with E-state index in [1.54, 1.807) is 43.3 Å². The van der Waals surface area contributed by atoms with Gasteiger partial charge in [-0.25, -0.2) is 8.42 Å². The van der Waals surface area contributed by atoms with Crippen LogP contribution in [0.1, 0.15) is 46.8 Å². The summed E-state index contributed by atoms with van der Waals surface area (Å²) in [7, 11) is -3.79. The molecule has 3 aromatic carbocycles. The predicted octanol–water partition coefficient (Wildman–Crippen LogP) is 6.13. The first-order valence-electron chi connectivity index (χ1n) is 9.88. The van der Waals surface area contributed by atoms with E-state index in [1.165, 1.54) is 6.07 Å². The Kier molecular flexibility index (Phi) is 6.72. The number of rotatable bonds is 6. The number of para-hydroxylation sites is 1. The summed E-state index contributed by atoms with van der Waals surface area (Å²) in [6.45, 7) is 7.68. The number of hydrogen-bond donors (Lipinski definition) is 2. The Labute approximate surface area is 188 Å². The average Bonchev–Trinajstić information content (AvgIpc) is 2.71. The smallest absolute Gasteiger partial charge is 0.261 e. The first kappa shape index (κ1) is 22.8. The summed E-state index contributed by atoms with van der Waals surface area (Å²) >= 11 is 5.86. The van der Waals surface area contributed by atoms with Crippen LogP contribution in [0, 0.1) is 13.8 Å². The monoisotopic (exact) mass is 456 g/mol. The highest BCUT2D eigenvalue weighted by Crippen LogP contribution is 2.30. The third-order valence-electron chi connectivity index (χ3n) is 5.03. The molecule has 162 valence electrons. The number of benzene rings is 3. The van der Waals surface area contributed by atoms with Gasteiger partial charge in [-0.15, -0.1) is 0 Å². The van der Waals surface area contributed by atoms with Crippen molar-refractivity contribution in [2.45, 2.75) is 38.5 Å². The lowest BCUT2D eigenvalue weighted by Crippen LogP contribution is -2.17. The molecule has 0 aromatic heterocycles. The molecule has 0 bridgehead atoms. The fourth-order valence-electron chi connectivity index (χ4n) is 3.24. The van der Waals surface area contributed by atoms with Crippen molar-refractivity contribution in [2.75, 3.05) is 10.0 Å². The average molecular weight is 457 g/mol. The Morgan fingerprint density at radius 2 is 1.61 bits per heavy atom. The molecule has 1 amide bonds. The maximum atomic E-state index is 13.1. The van der Waals surface area contributed by atoms with Crippen LogP contribution in [0.2, 0.25) is 5.02 Å². The summed E-state index contributed by atoms with van der Waals surface area (Å²) in [4.78, 5) is 12.6. The zero-order valence-electron chi connectivity index (χ0n) is 17.9. The highest BCUT2D eigenvalue weighted by atomic mass is 35.5. The van der Waals surface area contributed by atoms with Crippen LogP contribution in [-0.2, 0) is 10.0 Å². The van der Waals surface area contributed by atoms with Crippen LogP contribution in [-0.4, -0.2) is 14.3 Å². The Balaban J connectivity index is 1.85. The fraction of sp³-hybridized carbons (Fsp3) is 0.208. The molecule has 0 aliphatic heterocycles. The van der Waals surface area contributed by atoms with Crippen molar-refractivity contribution in [3.63, 3.8) is 0 Å². The summed E-state index contributed by atoms with van der Waals surface area (Å²) in [5, 5.41) is 3.36. The number of hydrogen-bond acceptors (Lipinski definition) is 3. The molecule has 0 saturated heterocycles. The van der Waals surface area contributed by atoms with Crippen molar-refractivity contribution < 1.29 is 13.2 Å². The Morgan fingerprint density at radius 1 is 0.935 bits per heavy atom. The summed E-state index contributed by atoms with van der Waals surface area (Å²) in [5.41, 5.74) is 4.04. The summed E-state index contributed by atoms with van der Waals surface area (Å²) in [5.74, 6) is -0.125. The maximum Gasteiger partial charge on any atom is 0.261 e. The summed E-state index contributed by atoms with van der Waals surface area (Å²) < 4.78 is 28.9. The molecule has 0 fully saturated rings. The predicted molar refractivity (Wildman–Crippen MR) is 127 cm³/mol. The lowest BCUT2D eigenvalue weighted by atomic mass is 9.99. The molecule has 0 spiro atoms. The van der Waals surface area contributed by atoms with Crippen LogP contribution in [0.15, 0.2) is 65.6 Å². The third kappa shape index (κ3) is 5.27. The lowest BCUT2D eigenvalue weighted by Gasteiger charge is -2.18. The third-order valence-corrected chi connectivity index (χ3v) is 6.63. The summed E-state index contributed by atoms with van der Waals surface area (Å²) in [6, 6.07) is 16.9. The van der Waals surface area contributed by atoms with Gasteiger partial charge in [-0.2, -0.15) is 0 Å². The molecule has 2 N–H and O–H groups in total. The second-order valence-electron chi connectivity index (χ2n) is 7.74. The number of carbonyl (C=O) groups is 1. The molecule has 0 radical (unpaired) electrons. The van der Waals surface area contributed by atoms with E-state index in [-0.39, 0.29) is 16.7 Å². The molecular formula is C24H25ClN2O3S. The van der Waals surface area contributed by atoms with Crippen LogP contribution < -0.4 is 10.0 Å². The molecule has 31 heavy (non-hydrogen) atoms. The molecule has 0 aliphatic rings. The van der Waals surface area contributed by atoms with Gasteiger partial charge in [-0.05, 0) is 78.9 Å². The quantitative estimate of drug-likeness (QED) is 0.468. The molecule has 0 aliphatic carbocycles. The van der Waals surface area contributed by atoms with Crippen molar-refractivity contribution in [3.05, 3.63) is 87.9 Å². The number of nitrogens with one attached hydrogen (secondary N) is 2. The van der Waals surface area contributed by atoms with Crippen molar-refractivity contribution in [2.24, 2.45) is 0 Å². The molecule has 7 heteroatoms. The standard InChI is InChI=1S/C24H25ClN2O3S/c1-15(2)21-7-5-6-16(3)23(21)27-31(29,30)20-12-13-22(17(4)14-20)26-24(28)18-8-10-19(25)11-9-18/h5-15,27H,1-4H3,(H,26,28). The van der Waals surface area contributed by atoms with E-state index in [0.29, 0.717) is 27.5 Å². The molecule has 0 heterocycles. The number of sulfonamides is 1. The minimum atomic E-state index is -3.79. The largest absolute Gasteiger partial charge is 0.322 e. The van der Waals surface area contributed by atoms with Gasteiger partial charge in [0.2, 0.25) is 0 Å². The van der Waals surface area contributed by atoms with Crippen LogP contribution in [0.25, 0.3) is 0 Å². The van der Waals surface area contributed by atoms with Crippen molar-refractivity contribution >= 4 is 38.9 Å². The van der Waals surface area contributed by atoms with Crippen LogP contribution in [0.5, 0.6) is 0 Å². The minimum Gasteiger partial charge on any atom is -0.322 e. The molecule has 3 rings (SSSR count). The fourth-order valence-corrected chi connectivity index (χ4v) is 4.61. The topological polar surface area (TPSA) is 75.3 Å². The van der Waals surface area contributed by atoms with E-state index >= 15 is 0 Å². The van der Waals surface area contributed by atoms with Gasteiger partial charge in [0.1, 0.15) is 0 Å². The van der Waals surface area contributed by atoms with Gasteiger partial charge >= 0.3 is 0 Å². The van der Waals surface area contributed by atoms with Crippen LogP contribution in [0.4, 0.5) is 11.4 Å². The Morgan fingerprint density at radius 3 is 2.23 bits per heavy atom. The molecular weight excluding hydrogens is 432 g/mol. The van der Waals surface area contributed by atoms with Crippen LogP contribution >= 0.6 is 11.6 Å². The highest BCUT2D eigenvalue weighted by Gasteiger charge is 2.20. The van der Waals surface area contributed by atoms with Crippen molar-refractivity contribution in [3.8, 4) is 0 Å². The van der Waals surface area contributed by atoms with Gasteiger partial charge in [0.25, 0.3) is 15.9 Å². The zero-order chi connectivity index (χ0) is 22.8. The number of anilines is 2. The van der Waals surface area contributed by atoms with E-state index in [1.807, 2.05) is 39.0 Å². The Hall–Kier alpha value is -2.83. The second-order valence-corrected chi connectivity index (χ2v) is 9.86. The number of amides is 1. The normalized spacial score (nSPS) is 11.4. The minimum absolute atomic E-state index is 0.132. The first-order valence-corrected chi connectivity index (χ1v) is 11.7. The summed E-state index contributed by atoms with van der Waals surface area (Å²) in [6.07, 6.45) is 0. The van der Waals surface area contributed by atoms with E-state index in [0.717, 1.165) is 11.1 Å². The molecule has 3 aromatic rings. The number of halogens is 1. The SMILES string of the molecule is Cc1cc(S(=O)(=O)Nc2c(C)cccc2C(C)C)ccc1NC(=O)c1ccc(Cl)cc1. The van der Waals surface area contributed by atoms with Gasteiger partial charge < -0.3 is 5.32 Å². The van der Waals surface area contributed by atoms with Gasteiger partial charge in [-0.3, -0.25) is 9.52 Å². The molecule has 0 atom stereocenters. The van der Waals surface area contributed by atoms with Crippen LogP contribution in [0.3, 0.4) is 0 Å².